The first-order chi connectivity index (χ1) is 13.0. The Hall–Kier alpha value is -2.08. The predicted molar refractivity (Wildman–Crippen MR) is 105 cm³/mol. The Labute approximate surface area is 161 Å². The summed E-state index contributed by atoms with van der Waals surface area (Å²) in [5, 5.41) is 0. The Morgan fingerprint density at radius 2 is 1.85 bits per heavy atom. The topological polar surface area (TPSA) is 57.0 Å². The average molecular weight is 373 g/mol. The second-order valence-electron chi connectivity index (χ2n) is 7.56. The van der Waals surface area contributed by atoms with E-state index in [1.165, 1.54) is 6.42 Å². The van der Waals surface area contributed by atoms with E-state index >= 15 is 0 Å². The zero-order chi connectivity index (χ0) is 19.4. The van der Waals surface area contributed by atoms with Crippen LogP contribution in [0.25, 0.3) is 6.08 Å². The van der Waals surface area contributed by atoms with Crippen LogP contribution in [0.15, 0.2) is 22.6 Å². The van der Waals surface area contributed by atoms with E-state index in [1.807, 2.05) is 35.8 Å². The summed E-state index contributed by atoms with van der Waals surface area (Å²) in [5.41, 5.74) is 0. The van der Waals surface area contributed by atoms with Gasteiger partial charge < -0.3 is 14.2 Å². The molecule has 2 amide bonds. The van der Waals surface area contributed by atoms with Crippen molar-refractivity contribution in [3.63, 3.8) is 0 Å². The summed E-state index contributed by atoms with van der Waals surface area (Å²) < 4.78 is 5.81. The van der Waals surface area contributed by atoms with Gasteiger partial charge >= 0.3 is 0 Å². The minimum atomic E-state index is 0.00228. The molecule has 2 aliphatic rings. The second-order valence-corrected chi connectivity index (χ2v) is 7.56. The van der Waals surface area contributed by atoms with E-state index in [9.17, 15) is 9.59 Å². The molecule has 3 rings (SSSR count). The van der Waals surface area contributed by atoms with Crippen molar-refractivity contribution in [3.05, 3.63) is 29.7 Å². The number of likely N-dealkylation sites (N-methyl/N-ethyl adjacent to an activating group) is 1. The first-order valence-corrected chi connectivity index (χ1v) is 10.1. The molecular formula is C21H31N3O3. The number of carbonyl (C=O) groups excluding carboxylic acids is 2. The van der Waals surface area contributed by atoms with Gasteiger partial charge in [-0.25, -0.2) is 0 Å². The molecule has 2 unspecified atom stereocenters. The highest BCUT2D eigenvalue weighted by molar-refractivity contribution is 5.91. The molecule has 6 nitrogen and oxygen atoms in total. The number of furan rings is 1. The van der Waals surface area contributed by atoms with Gasteiger partial charge in [0, 0.05) is 51.3 Å². The maximum atomic E-state index is 12.4. The largest absolute Gasteiger partial charge is 0.461 e. The van der Waals surface area contributed by atoms with Crippen molar-refractivity contribution < 1.29 is 14.0 Å². The molecule has 1 aromatic heterocycles. The lowest BCUT2D eigenvalue weighted by molar-refractivity contribution is -0.133. The first-order valence-electron chi connectivity index (χ1n) is 10.1. The van der Waals surface area contributed by atoms with E-state index in [0.29, 0.717) is 31.5 Å². The monoisotopic (exact) mass is 373 g/mol. The second kappa shape index (κ2) is 8.74. The fourth-order valence-electron chi connectivity index (χ4n) is 3.63. The minimum absolute atomic E-state index is 0.00228. The van der Waals surface area contributed by atoms with Crippen molar-refractivity contribution >= 4 is 17.9 Å². The van der Waals surface area contributed by atoms with Gasteiger partial charge in [-0.1, -0.05) is 6.92 Å². The van der Waals surface area contributed by atoms with Gasteiger partial charge in [0.05, 0.1) is 6.54 Å². The van der Waals surface area contributed by atoms with Gasteiger partial charge in [0.15, 0.2) is 0 Å². The third-order valence-corrected chi connectivity index (χ3v) is 5.67. The van der Waals surface area contributed by atoms with Crippen LogP contribution in [-0.2, 0) is 9.59 Å². The van der Waals surface area contributed by atoms with Gasteiger partial charge in [0.2, 0.25) is 11.8 Å². The van der Waals surface area contributed by atoms with Crippen molar-refractivity contribution in [3.8, 4) is 0 Å². The molecule has 0 bridgehead atoms. The molecule has 1 saturated heterocycles. The molecule has 2 fully saturated rings. The molecule has 1 aliphatic carbocycles. The lowest BCUT2D eigenvalue weighted by Crippen LogP contribution is -2.51. The molecule has 1 aromatic rings. The van der Waals surface area contributed by atoms with Crippen molar-refractivity contribution in [2.75, 3.05) is 45.8 Å². The van der Waals surface area contributed by atoms with Crippen molar-refractivity contribution in [2.45, 2.75) is 33.1 Å². The zero-order valence-corrected chi connectivity index (χ0v) is 16.7. The molecule has 2 heterocycles. The summed E-state index contributed by atoms with van der Waals surface area (Å²) in [6, 6.07) is 3.95. The molecule has 1 saturated carbocycles. The Balaban J connectivity index is 1.44. The van der Waals surface area contributed by atoms with Crippen LogP contribution < -0.4 is 0 Å². The van der Waals surface area contributed by atoms with Crippen LogP contribution >= 0.6 is 0 Å². The number of nitrogens with zero attached hydrogens (tertiary/aromatic N) is 3. The Kier molecular flexibility index (Phi) is 6.37. The molecule has 27 heavy (non-hydrogen) atoms. The van der Waals surface area contributed by atoms with E-state index in [0.717, 1.165) is 37.7 Å². The molecule has 0 spiro atoms. The third-order valence-electron chi connectivity index (χ3n) is 5.67. The summed E-state index contributed by atoms with van der Waals surface area (Å²) in [4.78, 5) is 30.4. The maximum Gasteiger partial charge on any atom is 0.246 e. The van der Waals surface area contributed by atoms with Gasteiger partial charge in [0.25, 0.3) is 0 Å². The van der Waals surface area contributed by atoms with E-state index in [-0.39, 0.29) is 11.8 Å². The van der Waals surface area contributed by atoms with E-state index in [4.69, 9.17) is 4.42 Å². The minimum Gasteiger partial charge on any atom is -0.461 e. The highest BCUT2D eigenvalue weighted by Gasteiger charge is 2.36. The summed E-state index contributed by atoms with van der Waals surface area (Å²) in [6.07, 6.45) is 4.54. The summed E-state index contributed by atoms with van der Waals surface area (Å²) in [7, 11) is 0. The quantitative estimate of drug-likeness (QED) is 0.689. The molecule has 0 N–H and O–H groups in total. The highest BCUT2D eigenvalue weighted by Crippen LogP contribution is 2.47. The molecule has 1 aliphatic heterocycles. The standard InChI is InChI=1S/C21H31N3O3/c1-4-23(5-2)21(26)15-22-10-12-24(13-11-22)20(25)9-7-17-6-8-19(27-17)18-14-16(18)3/h6-9,16,18H,4-5,10-15H2,1-3H3/b9-7+. The van der Waals surface area contributed by atoms with Gasteiger partial charge in [-0.3, -0.25) is 14.5 Å². The van der Waals surface area contributed by atoms with Crippen LogP contribution in [0.2, 0.25) is 0 Å². The van der Waals surface area contributed by atoms with Crippen molar-refractivity contribution in [1.82, 2.24) is 14.7 Å². The maximum absolute atomic E-state index is 12.4. The SMILES string of the molecule is CCN(CC)C(=O)CN1CCN(C(=O)/C=C/c2ccc(C3CC3C)o2)CC1. The normalized spacial score (nSPS) is 23.0. The summed E-state index contributed by atoms with van der Waals surface area (Å²) >= 11 is 0. The Bertz CT molecular complexity index is 685. The number of hydrogen-bond donors (Lipinski definition) is 0. The average Bonchev–Trinajstić information content (AvgIpc) is 3.21. The fourth-order valence-corrected chi connectivity index (χ4v) is 3.63. The lowest BCUT2D eigenvalue weighted by atomic mass is 10.2. The smallest absolute Gasteiger partial charge is 0.246 e. The number of carbonyl (C=O) groups is 2. The molecule has 0 radical (unpaired) electrons. The van der Waals surface area contributed by atoms with E-state index in [2.05, 4.69) is 11.8 Å². The van der Waals surface area contributed by atoms with Crippen molar-refractivity contribution in [1.29, 1.82) is 0 Å². The lowest BCUT2D eigenvalue weighted by Gasteiger charge is -2.34. The van der Waals surface area contributed by atoms with Gasteiger partial charge in [-0.05, 0) is 44.4 Å². The summed E-state index contributed by atoms with van der Waals surface area (Å²) in [5.74, 6) is 3.19. The van der Waals surface area contributed by atoms with Crippen LogP contribution in [0, 0.1) is 5.92 Å². The molecule has 2 atom stereocenters. The van der Waals surface area contributed by atoms with Gasteiger partial charge in [-0.2, -0.15) is 0 Å². The van der Waals surface area contributed by atoms with Crippen LogP contribution in [-0.4, -0.2) is 72.3 Å². The fraction of sp³-hybridized carbons (Fsp3) is 0.619. The first kappa shape index (κ1) is 19.7. The Morgan fingerprint density at radius 1 is 1.19 bits per heavy atom. The molecule has 0 aromatic carbocycles. The highest BCUT2D eigenvalue weighted by atomic mass is 16.3. The number of hydrogen-bond acceptors (Lipinski definition) is 4. The van der Waals surface area contributed by atoms with Crippen LogP contribution in [0.4, 0.5) is 0 Å². The van der Waals surface area contributed by atoms with Crippen LogP contribution in [0.3, 0.4) is 0 Å². The number of rotatable bonds is 7. The van der Waals surface area contributed by atoms with Crippen molar-refractivity contribution in [2.24, 2.45) is 5.92 Å². The molecule has 6 heteroatoms. The molecule has 148 valence electrons. The third kappa shape index (κ3) is 5.01. The van der Waals surface area contributed by atoms with Gasteiger partial charge in [0.1, 0.15) is 11.5 Å². The van der Waals surface area contributed by atoms with Crippen LogP contribution in [0.5, 0.6) is 0 Å². The number of amides is 2. The zero-order valence-electron chi connectivity index (χ0n) is 16.7. The van der Waals surface area contributed by atoms with Gasteiger partial charge in [-0.15, -0.1) is 0 Å². The van der Waals surface area contributed by atoms with Crippen LogP contribution in [0.1, 0.15) is 44.6 Å². The molecular weight excluding hydrogens is 342 g/mol. The predicted octanol–water partition coefficient (Wildman–Crippen LogP) is 2.43. The summed E-state index contributed by atoms with van der Waals surface area (Å²) in [6.45, 7) is 10.9. The Morgan fingerprint density at radius 3 is 2.44 bits per heavy atom. The van der Waals surface area contributed by atoms with E-state index < -0.39 is 0 Å². The number of piperazine rings is 1. The van der Waals surface area contributed by atoms with E-state index in [1.54, 1.807) is 12.2 Å².